The van der Waals surface area contributed by atoms with Crippen molar-refractivity contribution in [2.24, 2.45) is 5.10 Å². The number of hydrogen-bond donors (Lipinski definition) is 0. The lowest BCUT2D eigenvalue weighted by atomic mass is 9.97. The summed E-state index contributed by atoms with van der Waals surface area (Å²) in [6.45, 7) is 2.12. The number of nitrogens with zero attached hydrogens (tertiary/aromatic N) is 3. The standard InChI is InChI=1S/C24H25N3/c1-18-9-11-19(12-10-18)23-17-24(20-13-15-21(16-14-20)26(2)3)27(25-23)22-7-5-4-6-8-22/h4-16,24H,17H2,1-3H3. The van der Waals surface area contributed by atoms with Gasteiger partial charge in [0.15, 0.2) is 0 Å². The smallest absolute Gasteiger partial charge is 0.0831 e. The van der Waals surface area contributed by atoms with Crippen LogP contribution in [0.25, 0.3) is 0 Å². The van der Waals surface area contributed by atoms with E-state index in [0.29, 0.717) is 0 Å². The quantitative estimate of drug-likeness (QED) is 0.622. The molecule has 0 aliphatic carbocycles. The van der Waals surface area contributed by atoms with Crippen LogP contribution in [0.2, 0.25) is 0 Å². The van der Waals surface area contributed by atoms with E-state index in [4.69, 9.17) is 5.10 Å². The van der Waals surface area contributed by atoms with Gasteiger partial charge in [-0.3, -0.25) is 5.01 Å². The molecule has 0 saturated heterocycles. The first-order chi connectivity index (χ1) is 13.1. The van der Waals surface area contributed by atoms with Crippen LogP contribution in [0.15, 0.2) is 84.0 Å². The van der Waals surface area contributed by atoms with Crippen LogP contribution in [0.3, 0.4) is 0 Å². The molecule has 0 fully saturated rings. The normalized spacial score (nSPS) is 16.3. The van der Waals surface area contributed by atoms with Gasteiger partial charge in [0.05, 0.1) is 17.4 Å². The lowest BCUT2D eigenvalue weighted by Gasteiger charge is -2.24. The summed E-state index contributed by atoms with van der Waals surface area (Å²) in [5, 5.41) is 7.18. The van der Waals surface area contributed by atoms with E-state index in [9.17, 15) is 0 Å². The van der Waals surface area contributed by atoms with Crippen molar-refractivity contribution in [3.8, 4) is 0 Å². The topological polar surface area (TPSA) is 18.8 Å². The fourth-order valence-electron chi connectivity index (χ4n) is 3.50. The molecule has 136 valence electrons. The summed E-state index contributed by atoms with van der Waals surface area (Å²) in [4.78, 5) is 2.13. The number of para-hydroxylation sites is 1. The molecule has 4 rings (SSSR count). The van der Waals surface area contributed by atoms with Gasteiger partial charge in [-0.2, -0.15) is 5.10 Å². The number of aryl methyl sites for hydroxylation is 1. The van der Waals surface area contributed by atoms with Crippen molar-refractivity contribution in [1.29, 1.82) is 0 Å². The fourth-order valence-corrected chi connectivity index (χ4v) is 3.50. The minimum absolute atomic E-state index is 0.208. The summed E-state index contributed by atoms with van der Waals surface area (Å²) in [6, 6.07) is 28.1. The van der Waals surface area contributed by atoms with Gasteiger partial charge in [0.1, 0.15) is 0 Å². The van der Waals surface area contributed by atoms with Crippen LogP contribution in [0.4, 0.5) is 11.4 Å². The van der Waals surface area contributed by atoms with Crippen molar-refractivity contribution < 1.29 is 0 Å². The molecule has 1 atom stereocenters. The number of rotatable bonds is 4. The van der Waals surface area contributed by atoms with E-state index in [0.717, 1.165) is 17.8 Å². The number of benzene rings is 3. The highest BCUT2D eigenvalue weighted by Crippen LogP contribution is 2.37. The van der Waals surface area contributed by atoms with Gasteiger partial charge >= 0.3 is 0 Å². The second-order valence-electron chi connectivity index (χ2n) is 7.30. The summed E-state index contributed by atoms with van der Waals surface area (Å²) in [5.74, 6) is 0. The molecule has 3 aromatic rings. The van der Waals surface area contributed by atoms with Gasteiger partial charge in [-0.1, -0.05) is 60.2 Å². The Morgan fingerprint density at radius 3 is 2.15 bits per heavy atom. The molecule has 27 heavy (non-hydrogen) atoms. The van der Waals surface area contributed by atoms with E-state index in [1.54, 1.807) is 0 Å². The first-order valence-corrected chi connectivity index (χ1v) is 9.38. The van der Waals surface area contributed by atoms with E-state index in [1.165, 1.54) is 22.4 Å². The molecule has 0 saturated carbocycles. The molecule has 0 N–H and O–H groups in total. The molecule has 1 heterocycles. The number of anilines is 2. The van der Waals surface area contributed by atoms with Gasteiger partial charge in [0.2, 0.25) is 0 Å². The minimum atomic E-state index is 0.208. The molecule has 0 bridgehead atoms. The van der Waals surface area contributed by atoms with Crippen LogP contribution in [0.1, 0.15) is 29.2 Å². The molecule has 3 heteroatoms. The third-order valence-electron chi connectivity index (χ3n) is 5.11. The van der Waals surface area contributed by atoms with E-state index in [1.807, 2.05) is 6.07 Å². The number of hydrazone groups is 1. The molecule has 0 aromatic heterocycles. The Kier molecular flexibility index (Phi) is 4.68. The van der Waals surface area contributed by atoms with Crippen LogP contribution in [0.5, 0.6) is 0 Å². The molecule has 0 radical (unpaired) electrons. The first-order valence-electron chi connectivity index (χ1n) is 9.38. The number of hydrogen-bond acceptors (Lipinski definition) is 3. The summed E-state index contributed by atoms with van der Waals surface area (Å²) in [6.07, 6.45) is 0.902. The Balaban J connectivity index is 1.70. The molecule has 0 amide bonds. The summed E-state index contributed by atoms with van der Waals surface area (Å²) in [5.41, 5.74) is 7.24. The highest BCUT2D eigenvalue weighted by molar-refractivity contribution is 6.03. The SMILES string of the molecule is Cc1ccc(C2=NN(c3ccccc3)C(c3ccc(N(C)C)cc3)C2)cc1. The van der Waals surface area contributed by atoms with Crippen LogP contribution in [-0.4, -0.2) is 19.8 Å². The Morgan fingerprint density at radius 2 is 1.52 bits per heavy atom. The predicted octanol–water partition coefficient (Wildman–Crippen LogP) is 5.42. The lowest BCUT2D eigenvalue weighted by Crippen LogP contribution is -2.18. The van der Waals surface area contributed by atoms with E-state index in [2.05, 4.69) is 104 Å². The van der Waals surface area contributed by atoms with Crippen LogP contribution in [0, 0.1) is 6.92 Å². The Morgan fingerprint density at radius 1 is 0.852 bits per heavy atom. The third-order valence-corrected chi connectivity index (χ3v) is 5.11. The average Bonchev–Trinajstić information content (AvgIpc) is 3.15. The molecule has 1 aliphatic rings. The zero-order valence-corrected chi connectivity index (χ0v) is 16.1. The van der Waals surface area contributed by atoms with Gasteiger partial charge in [0.25, 0.3) is 0 Å². The van der Waals surface area contributed by atoms with Crippen molar-refractivity contribution in [2.75, 3.05) is 24.0 Å². The zero-order valence-electron chi connectivity index (χ0n) is 16.1. The monoisotopic (exact) mass is 355 g/mol. The van der Waals surface area contributed by atoms with Crippen molar-refractivity contribution in [1.82, 2.24) is 0 Å². The van der Waals surface area contributed by atoms with Gasteiger partial charge in [-0.05, 0) is 42.3 Å². The van der Waals surface area contributed by atoms with Crippen LogP contribution < -0.4 is 9.91 Å². The van der Waals surface area contributed by atoms with Crippen LogP contribution in [-0.2, 0) is 0 Å². The highest BCUT2D eigenvalue weighted by Gasteiger charge is 2.29. The zero-order chi connectivity index (χ0) is 18.8. The second-order valence-corrected chi connectivity index (χ2v) is 7.30. The van der Waals surface area contributed by atoms with E-state index in [-0.39, 0.29) is 6.04 Å². The highest BCUT2D eigenvalue weighted by atomic mass is 15.5. The Bertz CT molecular complexity index is 926. The molecule has 1 unspecified atom stereocenters. The second kappa shape index (κ2) is 7.28. The predicted molar refractivity (Wildman–Crippen MR) is 115 cm³/mol. The van der Waals surface area contributed by atoms with Crippen molar-refractivity contribution in [3.05, 3.63) is 95.6 Å². The van der Waals surface area contributed by atoms with Gasteiger partial charge in [0, 0.05) is 26.2 Å². The Hall–Kier alpha value is -3.07. The maximum atomic E-state index is 5.01. The van der Waals surface area contributed by atoms with Crippen molar-refractivity contribution >= 4 is 17.1 Å². The molecular weight excluding hydrogens is 330 g/mol. The summed E-state index contributed by atoms with van der Waals surface area (Å²) >= 11 is 0. The van der Waals surface area contributed by atoms with Gasteiger partial charge < -0.3 is 4.90 Å². The van der Waals surface area contributed by atoms with Gasteiger partial charge in [-0.15, -0.1) is 0 Å². The fraction of sp³-hybridized carbons (Fsp3) is 0.208. The summed E-state index contributed by atoms with van der Waals surface area (Å²) in [7, 11) is 4.14. The third kappa shape index (κ3) is 3.59. The average molecular weight is 355 g/mol. The molecule has 3 aromatic carbocycles. The van der Waals surface area contributed by atoms with E-state index < -0.39 is 0 Å². The molecular formula is C24H25N3. The molecule has 0 spiro atoms. The lowest BCUT2D eigenvalue weighted by molar-refractivity contribution is 0.709. The molecule has 1 aliphatic heterocycles. The molecule has 3 nitrogen and oxygen atoms in total. The first kappa shape index (κ1) is 17.3. The van der Waals surface area contributed by atoms with Crippen molar-refractivity contribution in [2.45, 2.75) is 19.4 Å². The van der Waals surface area contributed by atoms with Gasteiger partial charge in [-0.25, -0.2) is 0 Å². The maximum Gasteiger partial charge on any atom is 0.0831 e. The minimum Gasteiger partial charge on any atom is -0.378 e. The van der Waals surface area contributed by atoms with Crippen molar-refractivity contribution in [3.63, 3.8) is 0 Å². The maximum absolute atomic E-state index is 5.01. The largest absolute Gasteiger partial charge is 0.378 e. The van der Waals surface area contributed by atoms with E-state index >= 15 is 0 Å². The Labute approximate surface area is 161 Å². The van der Waals surface area contributed by atoms with Crippen LogP contribution >= 0.6 is 0 Å². The summed E-state index contributed by atoms with van der Waals surface area (Å²) < 4.78 is 0.